The number of amides is 1. The van der Waals surface area contributed by atoms with Crippen LogP contribution in [0.3, 0.4) is 0 Å². The number of ketones is 1. The molecule has 1 amide bonds. The maximum Gasteiger partial charge on any atom is 0.301 e. The van der Waals surface area contributed by atoms with Crippen molar-refractivity contribution in [1.82, 2.24) is 10.2 Å². The molecule has 1 aliphatic heterocycles. The van der Waals surface area contributed by atoms with Crippen molar-refractivity contribution in [2.45, 2.75) is 29.5 Å². The Bertz CT molecular complexity index is 1520. The van der Waals surface area contributed by atoms with Gasteiger partial charge in [0.05, 0.1) is 18.2 Å². The lowest BCUT2D eigenvalue weighted by Crippen LogP contribution is -2.29. The molecule has 1 aromatic heterocycles. The van der Waals surface area contributed by atoms with Gasteiger partial charge in [-0.05, 0) is 35.7 Å². The van der Waals surface area contributed by atoms with Crippen LogP contribution in [0, 0.1) is 5.82 Å². The largest absolute Gasteiger partial charge is 0.507 e. The number of hydrogen-bond donors (Lipinski definition) is 1. The van der Waals surface area contributed by atoms with Gasteiger partial charge in [0.15, 0.2) is 4.34 Å². The van der Waals surface area contributed by atoms with Crippen LogP contribution in [0.1, 0.15) is 36.1 Å². The fourth-order valence-electron chi connectivity index (χ4n) is 4.18. The summed E-state index contributed by atoms with van der Waals surface area (Å²) in [4.78, 5) is 28.0. The molecule has 1 saturated heterocycles. The third kappa shape index (κ3) is 5.57. The molecule has 0 aliphatic carbocycles. The lowest BCUT2D eigenvalue weighted by molar-refractivity contribution is -0.132. The van der Waals surface area contributed by atoms with Gasteiger partial charge in [-0.3, -0.25) is 14.5 Å². The molecule has 2 heterocycles. The summed E-state index contributed by atoms with van der Waals surface area (Å²) < 4.78 is 20.3. The predicted octanol–water partition coefficient (Wildman–Crippen LogP) is 6.38. The Balaban J connectivity index is 1.52. The van der Waals surface area contributed by atoms with Gasteiger partial charge in [0, 0.05) is 11.3 Å². The van der Waals surface area contributed by atoms with E-state index in [1.54, 1.807) is 72.8 Å². The van der Waals surface area contributed by atoms with E-state index in [9.17, 15) is 19.1 Å². The molecule has 5 rings (SSSR count). The normalized spacial score (nSPS) is 16.6. The van der Waals surface area contributed by atoms with Crippen LogP contribution in [0.2, 0.25) is 0 Å². The molecule has 10 heteroatoms. The van der Waals surface area contributed by atoms with Crippen molar-refractivity contribution in [3.8, 4) is 5.75 Å². The van der Waals surface area contributed by atoms with E-state index in [1.165, 1.54) is 22.7 Å². The second kappa shape index (κ2) is 11.8. The average Bonchev–Trinajstić information content (AvgIpc) is 3.53. The molecule has 0 radical (unpaired) electrons. The average molecular weight is 562 g/mol. The highest BCUT2D eigenvalue weighted by Crippen LogP contribution is 2.44. The summed E-state index contributed by atoms with van der Waals surface area (Å²) in [6.07, 6.45) is 0.854. The minimum atomic E-state index is -0.928. The summed E-state index contributed by atoms with van der Waals surface area (Å²) in [6, 6.07) is 21.2. The van der Waals surface area contributed by atoms with Crippen molar-refractivity contribution in [3.05, 3.63) is 107 Å². The van der Waals surface area contributed by atoms with Crippen LogP contribution in [0.15, 0.2) is 88.8 Å². The molecule has 1 atom stereocenters. The summed E-state index contributed by atoms with van der Waals surface area (Å²) in [5, 5.41) is 19.8. The number of ether oxygens (including phenoxy) is 1. The molecule has 39 heavy (non-hydrogen) atoms. The second-order valence-electron chi connectivity index (χ2n) is 8.68. The van der Waals surface area contributed by atoms with E-state index in [0.717, 1.165) is 17.8 Å². The summed E-state index contributed by atoms with van der Waals surface area (Å²) in [5.74, 6) is -1.23. The van der Waals surface area contributed by atoms with Gasteiger partial charge in [-0.1, -0.05) is 90.7 Å². The van der Waals surface area contributed by atoms with Crippen LogP contribution in [0.25, 0.3) is 5.76 Å². The van der Waals surface area contributed by atoms with Crippen LogP contribution in [0.5, 0.6) is 5.75 Å². The van der Waals surface area contributed by atoms with Crippen LogP contribution in [-0.2, 0) is 15.3 Å². The molecule has 4 aromatic rings. The van der Waals surface area contributed by atoms with Gasteiger partial charge in [-0.15, -0.1) is 10.2 Å². The number of benzene rings is 3. The summed E-state index contributed by atoms with van der Waals surface area (Å²) >= 11 is 2.41. The Morgan fingerprint density at radius 1 is 1.03 bits per heavy atom. The Hall–Kier alpha value is -4.02. The molecule has 7 nitrogen and oxygen atoms in total. The first-order valence-electron chi connectivity index (χ1n) is 12.3. The van der Waals surface area contributed by atoms with E-state index in [0.29, 0.717) is 39.1 Å². The maximum atomic E-state index is 14.1. The minimum Gasteiger partial charge on any atom is -0.507 e. The number of halogens is 1. The van der Waals surface area contributed by atoms with Crippen molar-refractivity contribution in [2.75, 3.05) is 11.5 Å². The number of hydrogen-bond acceptors (Lipinski definition) is 8. The Morgan fingerprint density at radius 3 is 2.46 bits per heavy atom. The van der Waals surface area contributed by atoms with Gasteiger partial charge < -0.3 is 9.84 Å². The SMILES string of the molecule is CCCOc1ccc(C2/C(=C(/O)c3ccccc3)C(=O)C(=O)N2c2nnc(SCc3ccccc3F)s2)cc1. The third-order valence-corrected chi connectivity index (χ3v) is 8.18. The van der Waals surface area contributed by atoms with Gasteiger partial charge in [0.2, 0.25) is 5.13 Å². The molecule has 1 aliphatic rings. The molecule has 1 unspecified atom stereocenters. The number of aliphatic hydroxyl groups is 1. The number of anilines is 1. The van der Waals surface area contributed by atoms with E-state index >= 15 is 0 Å². The monoisotopic (exact) mass is 561 g/mol. The van der Waals surface area contributed by atoms with Crippen molar-refractivity contribution >= 4 is 45.7 Å². The van der Waals surface area contributed by atoms with Gasteiger partial charge in [-0.25, -0.2) is 4.39 Å². The van der Waals surface area contributed by atoms with Crippen LogP contribution in [0.4, 0.5) is 9.52 Å². The number of carbonyl (C=O) groups is 2. The zero-order valence-corrected chi connectivity index (χ0v) is 22.5. The van der Waals surface area contributed by atoms with E-state index in [4.69, 9.17) is 4.74 Å². The lowest BCUT2D eigenvalue weighted by atomic mass is 9.95. The number of aliphatic hydroxyl groups excluding tert-OH is 1. The minimum absolute atomic E-state index is 0.0378. The van der Waals surface area contributed by atoms with E-state index in [2.05, 4.69) is 10.2 Å². The molecule has 198 valence electrons. The number of carbonyl (C=O) groups excluding carboxylic acids is 2. The third-order valence-electron chi connectivity index (χ3n) is 6.07. The number of thioether (sulfide) groups is 1. The fourth-order valence-corrected chi connectivity index (χ4v) is 6.03. The lowest BCUT2D eigenvalue weighted by Gasteiger charge is -2.22. The van der Waals surface area contributed by atoms with Crippen molar-refractivity contribution in [2.24, 2.45) is 0 Å². The van der Waals surface area contributed by atoms with Crippen molar-refractivity contribution in [1.29, 1.82) is 0 Å². The van der Waals surface area contributed by atoms with Crippen LogP contribution < -0.4 is 9.64 Å². The van der Waals surface area contributed by atoms with Gasteiger partial charge in [0.25, 0.3) is 5.78 Å². The van der Waals surface area contributed by atoms with Gasteiger partial charge in [0.1, 0.15) is 17.3 Å². The summed E-state index contributed by atoms with van der Waals surface area (Å²) in [7, 11) is 0. The first-order valence-corrected chi connectivity index (χ1v) is 14.1. The zero-order chi connectivity index (χ0) is 27.4. The highest BCUT2D eigenvalue weighted by Gasteiger charge is 2.48. The topological polar surface area (TPSA) is 92.6 Å². The number of nitrogens with zero attached hydrogens (tertiary/aromatic N) is 3. The quantitative estimate of drug-likeness (QED) is 0.0833. The number of rotatable bonds is 9. The first-order chi connectivity index (χ1) is 19.0. The Kier molecular flexibility index (Phi) is 8.04. The molecule has 0 bridgehead atoms. The first kappa shape index (κ1) is 26.6. The molecule has 1 fully saturated rings. The number of Topliss-reactive ketones (excluding diaryl/α,β-unsaturated/α-hetero) is 1. The zero-order valence-electron chi connectivity index (χ0n) is 20.9. The molecular formula is C29H24FN3O4S2. The highest BCUT2D eigenvalue weighted by atomic mass is 32.2. The standard InChI is InChI=1S/C29H24FN3O4S2/c1-2-16-37-21-14-12-18(13-15-21)24-23(25(34)19-8-4-3-5-9-19)26(35)27(36)33(24)28-31-32-29(39-28)38-17-20-10-6-7-11-22(20)30/h3-15,24,34H,2,16-17H2,1H3/b25-23-. The van der Waals surface area contributed by atoms with Crippen molar-refractivity contribution in [3.63, 3.8) is 0 Å². The van der Waals surface area contributed by atoms with Crippen LogP contribution >= 0.6 is 23.1 Å². The van der Waals surface area contributed by atoms with E-state index in [1.807, 2.05) is 6.92 Å². The van der Waals surface area contributed by atoms with Gasteiger partial charge in [-0.2, -0.15) is 0 Å². The molecule has 1 N–H and O–H groups in total. The van der Waals surface area contributed by atoms with Crippen LogP contribution in [-0.4, -0.2) is 33.6 Å². The maximum absolute atomic E-state index is 14.1. The van der Waals surface area contributed by atoms with Gasteiger partial charge >= 0.3 is 5.91 Å². The molecule has 0 saturated carbocycles. The predicted molar refractivity (Wildman–Crippen MR) is 149 cm³/mol. The summed E-state index contributed by atoms with van der Waals surface area (Å²) in [5.41, 5.74) is 1.50. The molecule has 0 spiro atoms. The number of aromatic nitrogens is 2. The fraction of sp³-hybridized carbons (Fsp3) is 0.172. The molecular weight excluding hydrogens is 537 g/mol. The van der Waals surface area contributed by atoms with E-state index < -0.39 is 17.7 Å². The smallest absolute Gasteiger partial charge is 0.301 e. The molecule has 3 aromatic carbocycles. The highest BCUT2D eigenvalue weighted by molar-refractivity contribution is 8.00. The Labute approximate surface area is 233 Å². The Morgan fingerprint density at radius 2 is 1.74 bits per heavy atom. The second-order valence-corrected chi connectivity index (χ2v) is 10.9. The van der Waals surface area contributed by atoms with Crippen molar-refractivity contribution < 1.29 is 23.8 Å². The van der Waals surface area contributed by atoms with E-state index in [-0.39, 0.29) is 22.3 Å². The summed E-state index contributed by atoms with van der Waals surface area (Å²) in [6.45, 7) is 2.57.